The van der Waals surface area contributed by atoms with Crippen LogP contribution in [0.2, 0.25) is 0 Å². The molecule has 0 spiro atoms. The molecule has 14 heavy (non-hydrogen) atoms. The Morgan fingerprint density at radius 3 is 2.14 bits per heavy atom. The molecule has 0 amide bonds. The Labute approximate surface area is 110 Å². The van der Waals surface area contributed by atoms with E-state index in [2.05, 4.69) is 54.7 Å². The van der Waals surface area contributed by atoms with Crippen LogP contribution in [0.3, 0.4) is 0 Å². The number of rotatable bonds is 6. The third-order valence-corrected chi connectivity index (χ3v) is 5.54. The van der Waals surface area contributed by atoms with Crippen LogP contribution in [0.4, 0.5) is 0 Å². The van der Waals surface area contributed by atoms with E-state index < -0.39 is 9.18 Å². The SMILES string of the molecule is CCCCCCC(Br)(Br)C(Br)=C(O)O. The lowest BCUT2D eigenvalue weighted by Crippen LogP contribution is -2.13. The molecular weight excluding hydrogens is 380 g/mol. The van der Waals surface area contributed by atoms with Crippen LogP contribution in [-0.4, -0.2) is 13.4 Å². The third-order valence-electron chi connectivity index (χ3n) is 1.86. The number of hydrogen-bond acceptors (Lipinski definition) is 2. The summed E-state index contributed by atoms with van der Waals surface area (Å²) in [5.74, 6) is -0.686. The second kappa shape index (κ2) is 7.12. The molecule has 0 bridgehead atoms. The van der Waals surface area contributed by atoms with Crippen molar-refractivity contribution in [3.63, 3.8) is 0 Å². The van der Waals surface area contributed by atoms with Gasteiger partial charge in [0.2, 0.25) is 0 Å². The van der Waals surface area contributed by atoms with Crippen molar-refractivity contribution >= 4 is 47.8 Å². The molecule has 0 aliphatic carbocycles. The van der Waals surface area contributed by atoms with Crippen molar-refractivity contribution < 1.29 is 10.2 Å². The average Bonchev–Trinajstić information content (AvgIpc) is 2.11. The van der Waals surface area contributed by atoms with Gasteiger partial charge in [0, 0.05) is 0 Å². The van der Waals surface area contributed by atoms with Gasteiger partial charge in [-0.2, -0.15) is 0 Å². The summed E-state index contributed by atoms with van der Waals surface area (Å²) in [6, 6.07) is 0. The number of hydrogen-bond donors (Lipinski definition) is 2. The van der Waals surface area contributed by atoms with Gasteiger partial charge in [0.1, 0.15) is 7.72 Å². The maximum absolute atomic E-state index is 8.89. The van der Waals surface area contributed by atoms with Gasteiger partial charge in [0.15, 0.2) is 0 Å². The maximum atomic E-state index is 8.89. The Hall–Kier alpha value is 0.780. The fraction of sp³-hybridized carbons (Fsp3) is 0.778. The van der Waals surface area contributed by atoms with Crippen LogP contribution in [0.25, 0.3) is 0 Å². The van der Waals surface area contributed by atoms with Crippen molar-refractivity contribution in [2.45, 2.75) is 42.3 Å². The van der Waals surface area contributed by atoms with Crippen molar-refractivity contribution in [1.82, 2.24) is 0 Å². The van der Waals surface area contributed by atoms with Gasteiger partial charge in [-0.3, -0.25) is 0 Å². The van der Waals surface area contributed by atoms with E-state index in [1.807, 2.05) is 0 Å². The minimum atomic E-state index is -0.686. The summed E-state index contributed by atoms with van der Waals surface area (Å²) in [5.41, 5.74) is 0. The predicted molar refractivity (Wildman–Crippen MR) is 70.6 cm³/mol. The van der Waals surface area contributed by atoms with Crippen LogP contribution in [0.15, 0.2) is 10.4 Å². The first-order valence-corrected chi connectivity index (χ1v) is 6.95. The van der Waals surface area contributed by atoms with Gasteiger partial charge in [-0.15, -0.1) is 0 Å². The van der Waals surface area contributed by atoms with Gasteiger partial charge >= 0.3 is 0 Å². The molecule has 0 aromatic heterocycles. The summed E-state index contributed by atoms with van der Waals surface area (Å²) in [5, 5.41) is 17.8. The van der Waals surface area contributed by atoms with E-state index in [4.69, 9.17) is 10.2 Å². The van der Waals surface area contributed by atoms with E-state index in [0.717, 1.165) is 19.3 Å². The minimum absolute atomic E-state index is 0.335. The zero-order chi connectivity index (χ0) is 11.2. The Morgan fingerprint density at radius 1 is 1.14 bits per heavy atom. The Morgan fingerprint density at radius 2 is 1.71 bits per heavy atom. The van der Waals surface area contributed by atoms with Crippen molar-refractivity contribution in [3.8, 4) is 0 Å². The van der Waals surface area contributed by atoms with Crippen LogP contribution >= 0.6 is 47.8 Å². The van der Waals surface area contributed by atoms with Crippen LogP contribution in [0.1, 0.15) is 39.0 Å². The summed E-state index contributed by atoms with van der Waals surface area (Å²) >= 11 is 9.90. The van der Waals surface area contributed by atoms with Gasteiger partial charge in [0.05, 0.1) is 0 Å². The average molecular weight is 395 g/mol. The van der Waals surface area contributed by atoms with Crippen LogP contribution in [0.5, 0.6) is 0 Å². The third kappa shape index (κ3) is 5.61. The molecule has 0 aromatic carbocycles. The van der Waals surface area contributed by atoms with Crippen molar-refractivity contribution in [1.29, 1.82) is 0 Å². The van der Waals surface area contributed by atoms with E-state index in [0.29, 0.717) is 4.48 Å². The highest BCUT2D eigenvalue weighted by Gasteiger charge is 2.29. The van der Waals surface area contributed by atoms with Gasteiger partial charge in [0.25, 0.3) is 5.95 Å². The number of aliphatic hydroxyl groups is 2. The lowest BCUT2D eigenvalue weighted by molar-refractivity contribution is 0.187. The first-order valence-electron chi connectivity index (χ1n) is 4.57. The zero-order valence-corrected chi connectivity index (χ0v) is 12.8. The van der Waals surface area contributed by atoms with E-state index in [1.165, 1.54) is 12.8 Å². The van der Waals surface area contributed by atoms with Crippen molar-refractivity contribution in [3.05, 3.63) is 10.4 Å². The molecule has 0 saturated heterocycles. The summed E-state index contributed by atoms with van der Waals surface area (Å²) in [6.07, 6.45) is 5.40. The standard InChI is InChI=1S/C9H15Br3O2/c1-2-3-4-5-6-9(11,12)7(10)8(13)14/h13-14H,2-6H2,1H3. The second-order valence-corrected chi connectivity index (χ2v) is 7.72. The molecule has 0 aliphatic rings. The molecule has 0 saturated carbocycles. The second-order valence-electron chi connectivity index (χ2n) is 3.15. The first-order chi connectivity index (χ1) is 6.41. The fourth-order valence-electron chi connectivity index (χ4n) is 1.05. The molecule has 0 atom stereocenters. The topological polar surface area (TPSA) is 40.5 Å². The van der Waals surface area contributed by atoms with E-state index >= 15 is 0 Å². The lowest BCUT2D eigenvalue weighted by atomic mass is 10.1. The highest BCUT2D eigenvalue weighted by Crippen LogP contribution is 2.43. The minimum Gasteiger partial charge on any atom is -0.480 e. The van der Waals surface area contributed by atoms with Crippen LogP contribution < -0.4 is 0 Å². The number of halogens is 3. The number of allylic oxidation sites excluding steroid dienone is 1. The molecule has 0 heterocycles. The first kappa shape index (κ1) is 14.8. The Bertz CT molecular complexity index is 198. The largest absolute Gasteiger partial charge is 0.480 e. The number of alkyl halides is 2. The Balaban J connectivity index is 4.02. The summed E-state index contributed by atoms with van der Waals surface area (Å²) < 4.78 is -0.214. The van der Waals surface area contributed by atoms with E-state index in [-0.39, 0.29) is 0 Å². The smallest absolute Gasteiger partial charge is 0.287 e. The lowest BCUT2D eigenvalue weighted by Gasteiger charge is -2.19. The zero-order valence-electron chi connectivity index (χ0n) is 8.06. The molecule has 0 rings (SSSR count). The molecule has 0 unspecified atom stereocenters. The van der Waals surface area contributed by atoms with Gasteiger partial charge in [-0.1, -0.05) is 64.5 Å². The molecule has 0 radical (unpaired) electrons. The van der Waals surface area contributed by atoms with Crippen LogP contribution in [-0.2, 0) is 0 Å². The van der Waals surface area contributed by atoms with Gasteiger partial charge in [-0.25, -0.2) is 0 Å². The summed E-state index contributed by atoms with van der Waals surface area (Å²) in [6.45, 7) is 2.16. The monoisotopic (exact) mass is 392 g/mol. The highest BCUT2D eigenvalue weighted by atomic mass is 79.9. The molecule has 0 aromatic rings. The maximum Gasteiger partial charge on any atom is 0.287 e. The molecule has 2 nitrogen and oxygen atoms in total. The predicted octanol–water partition coefficient (Wildman–Crippen LogP) is 5.12. The molecule has 2 N–H and O–H groups in total. The number of unbranched alkanes of at least 4 members (excludes halogenated alkanes) is 3. The molecule has 84 valence electrons. The fourth-order valence-corrected chi connectivity index (χ4v) is 2.16. The molecule has 0 aliphatic heterocycles. The highest BCUT2D eigenvalue weighted by molar-refractivity contribution is 9.26. The van der Waals surface area contributed by atoms with Gasteiger partial charge < -0.3 is 10.2 Å². The van der Waals surface area contributed by atoms with Crippen molar-refractivity contribution in [2.75, 3.05) is 0 Å². The normalized spacial score (nSPS) is 11.4. The molecular formula is C9H15Br3O2. The summed E-state index contributed by atoms with van der Waals surface area (Å²) in [7, 11) is 0. The quantitative estimate of drug-likeness (QED) is 0.373. The van der Waals surface area contributed by atoms with E-state index in [1.54, 1.807) is 0 Å². The van der Waals surface area contributed by atoms with Crippen molar-refractivity contribution in [2.24, 2.45) is 0 Å². The van der Waals surface area contributed by atoms with Crippen LogP contribution in [0, 0.1) is 0 Å². The van der Waals surface area contributed by atoms with E-state index in [9.17, 15) is 0 Å². The molecule has 0 fully saturated rings. The summed E-state index contributed by atoms with van der Waals surface area (Å²) in [4.78, 5) is 0. The number of aliphatic hydroxyl groups excluding tert-OH is 1. The Kier molecular flexibility index (Phi) is 7.52. The molecule has 5 heteroatoms. The van der Waals surface area contributed by atoms with Gasteiger partial charge in [-0.05, 0) is 22.4 Å².